The number of azo groups is 1. The number of rotatable bonds is 3. The van der Waals surface area contributed by atoms with Crippen molar-refractivity contribution in [3.63, 3.8) is 0 Å². The minimum atomic E-state index is -3.95. The lowest BCUT2D eigenvalue weighted by atomic mass is 10.2. The number of nitrogens with two attached hydrogens (primary N) is 1. The first-order valence-corrected chi connectivity index (χ1v) is 9.06. The average Bonchev–Trinajstić information content (AvgIpc) is 2.86. The highest BCUT2D eigenvalue weighted by Crippen LogP contribution is 2.35. The van der Waals surface area contributed by atoms with Gasteiger partial charge in [-0.3, -0.25) is 0 Å². The molecule has 0 aliphatic carbocycles. The lowest BCUT2D eigenvalue weighted by Crippen LogP contribution is -2.16. The minimum absolute atomic E-state index is 0.0730. The van der Waals surface area contributed by atoms with E-state index in [9.17, 15) is 17.9 Å². The molecule has 0 aliphatic heterocycles. The van der Waals surface area contributed by atoms with E-state index in [0.717, 1.165) is 0 Å². The van der Waals surface area contributed by atoms with Gasteiger partial charge in [0, 0.05) is 5.39 Å². The van der Waals surface area contributed by atoms with Crippen molar-refractivity contribution in [2.75, 3.05) is 5.32 Å². The predicted molar refractivity (Wildman–Crippen MR) is 98.5 cm³/mol. The molecular formula is C15H12FN5O3S2. The SMILES string of the molecule is NS(=O)(=O)c1ccccc1NC(=S)N=Nc1c(O)[nH]c2cc(F)ccc12. The largest absolute Gasteiger partial charge is 0.493 e. The smallest absolute Gasteiger partial charge is 0.240 e. The number of aromatic amines is 1. The summed E-state index contributed by atoms with van der Waals surface area (Å²) < 4.78 is 36.4. The quantitative estimate of drug-likeness (QED) is 0.401. The Bertz CT molecular complexity index is 1140. The van der Waals surface area contributed by atoms with Crippen molar-refractivity contribution in [2.45, 2.75) is 4.90 Å². The average molecular weight is 393 g/mol. The van der Waals surface area contributed by atoms with Crippen LogP contribution >= 0.6 is 12.2 Å². The Morgan fingerprint density at radius 2 is 2.00 bits per heavy atom. The minimum Gasteiger partial charge on any atom is -0.493 e. The molecule has 0 radical (unpaired) electrons. The van der Waals surface area contributed by atoms with E-state index >= 15 is 0 Å². The van der Waals surface area contributed by atoms with Crippen LogP contribution in [0.4, 0.5) is 15.8 Å². The number of hydrogen-bond donors (Lipinski definition) is 4. The number of anilines is 1. The Kier molecular flexibility index (Phi) is 4.68. The molecular weight excluding hydrogens is 381 g/mol. The first-order valence-electron chi connectivity index (χ1n) is 7.10. The van der Waals surface area contributed by atoms with E-state index in [1.165, 1.54) is 36.4 Å². The van der Waals surface area contributed by atoms with Crippen LogP contribution in [0, 0.1) is 5.82 Å². The van der Waals surface area contributed by atoms with Gasteiger partial charge in [-0.15, -0.1) is 10.2 Å². The topological polar surface area (TPSA) is 133 Å². The van der Waals surface area contributed by atoms with Crippen molar-refractivity contribution in [2.24, 2.45) is 15.4 Å². The number of primary sulfonamides is 1. The monoisotopic (exact) mass is 393 g/mol. The van der Waals surface area contributed by atoms with Crippen LogP contribution in [0.2, 0.25) is 0 Å². The summed E-state index contributed by atoms with van der Waals surface area (Å²) in [6.07, 6.45) is 0. The zero-order chi connectivity index (χ0) is 18.9. The molecule has 0 aliphatic rings. The van der Waals surface area contributed by atoms with Gasteiger partial charge in [0.25, 0.3) is 0 Å². The van der Waals surface area contributed by atoms with E-state index < -0.39 is 15.8 Å². The lowest BCUT2D eigenvalue weighted by Gasteiger charge is -2.08. The highest BCUT2D eigenvalue weighted by atomic mass is 32.2. The Morgan fingerprint density at radius 1 is 1.27 bits per heavy atom. The van der Waals surface area contributed by atoms with E-state index in [4.69, 9.17) is 17.4 Å². The number of H-pyrrole nitrogens is 1. The van der Waals surface area contributed by atoms with Gasteiger partial charge in [-0.05, 0) is 42.5 Å². The summed E-state index contributed by atoms with van der Waals surface area (Å²) in [6.45, 7) is 0. The number of sulfonamides is 1. The zero-order valence-electron chi connectivity index (χ0n) is 13.0. The molecule has 5 N–H and O–H groups in total. The van der Waals surface area contributed by atoms with Crippen molar-refractivity contribution in [1.82, 2.24) is 4.98 Å². The third kappa shape index (κ3) is 3.69. The van der Waals surface area contributed by atoms with Crippen molar-refractivity contribution >= 4 is 49.6 Å². The van der Waals surface area contributed by atoms with E-state index in [2.05, 4.69) is 20.5 Å². The fourth-order valence-electron chi connectivity index (χ4n) is 2.30. The van der Waals surface area contributed by atoms with Crippen molar-refractivity contribution < 1.29 is 17.9 Å². The first kappa shape index (κ1) is 17.9. The van der Waals surface area contributed by atoms with Gasteiger partial charge in [0.2, 0.25) is 21.0 Å². The molecule has 1 aromatic heterocycles. The van der Waals surface area contributed by atoms with Crippen molar-refractivity contribution in [3.05, 3.63) is 48.3 Å². The van der Waals surface area contributed by atoms with E-state index in [0.29, 0.717) is 10.9 Å². The van der Waals surface area contributed by atoms with Crippen LogP contribution in [-0.4, -0.2) is 23.6 Å². The van der Waals surface area contributed by atoms with Crippen LogP contribution in [-0.2, 0) is 10.0 Å². The molecule has 11 heteroatoms. The number of aromatic hydroxyl groups is 1. The van der Waals surface area contributed by atoms with Crippen LogP contribution < -0.4 is 10.5 Å². The van der Waals surface area contributed by atoms with E-state index in [1.807, 2.05) is 0 Å². The molecule has 0 fully saturated rings. The Hall–Kier alpha value is -2.89. The van der Waals surface area contributed by atoms with Gasteiger partial charge < -0.3 is 15.4 Å². The molecule has 26 heavy (non-hydrogen) atoms. The molecule has 0 saturated heterocycles. The van der Waals surface area contributed by atoms with Crippen LogP contribution in [0.1, 0.15) is 0 Å². The number of aromatic nitrogens is 1. The third-order valence-corrected chi connectivity index (χ3v) is 4.54. The number of nitrogens with zero attached hydrogens (tertiary/aromatic N) is 2. The van der Waals surface area contributed by atoms with Crippen LogP contribution in [0.15, 0.2) is 57.6 Å². The van der Waals surface area contributed by atoms with Gasteiger partial charge in [-0.25, -0.2) is 17.9 Å². The Labute approximate surface area is 152 Å². The second-order valence-corrected chi connectivity index (χ2v) is 7.10. The summed E-state index contributed by atoms with van der Waals surface area (Å²) >= 11 is 5.02. The van der Waals surface area contributed by atoms with Gasteiger partial charge in [0.15, 0.2) is 5.69 Å². The normalized spacial score (nSPS) is 11.9. The summed E-state index contributed by atoms with van der Waals surface area (Å²) in [5, 5.41) is 25.5. The number of para-hydroxylation sites is 1. The zero-order valence-corrected chi connectivity index (χ0v) is 14.6. The van der Waals surface area contributed by atoms with Gasteiger partial charge in [0.05, 0.1) is 11.2 Å². The van der Waals surface area contributed by atoms with E-state index in [-0.39, 0.29) is 27.3 Å². The number of benzene rings is 2. The molecule has 3 aromatic rings. The molecule has 0 unspecified atom stereocenters. The van der Waals surface area contributed by atoms with Gasteiger partial charge in [0.1, 0.15) is 10.7 Å². The number of thiocarbonyl (C=S) groups is 1. The maximum Gasteiger partial charge on any atom is 0.240 e. The highest BCUT2D eigenvalue weighted by molar-refractivity contribution is 7.89. The van der Waals surface area contributed by atoms with Gasteiger partial charge in [-0.2, -0.15) is 0 Å². The second kappa shape index (κ2) is 6.78. The number of halogens is 1. The van der Waals surface area contributed by atoms with Crippen LogP contribution in [0.5, 0.6) is 5.88 Å². The number of nitrogens with one attached hydrogen (secondary N) is 2. The molecule has 0 atom stereocenters. The van der Waals surface area contributed by atoms with Crippen molar-refractivity contribution in [1.29, 1.82) is 0 Å². The van der Waals surface area contributed by atoms with E-state index in [1.54, 1.807) is 6.07 Å². The molecule has 0 saturated carbocycles. The maximum absolute atomic E-state index is 13.2. The third-order valence-electron chi connectivity index (χ3n) is 3.39. The fourth-order valence-corrected chi connectivity index (χ4v) is 3.14. The molecule has 8 nitrogen and oxygen atoms in total. The summed E-state index contributed by atoms with van der Waals surface area (Å²) in [4.78, 5) is 2.42. The van der Waals surface area contributed by atoms with Crippen LogP contribution in [0.3, 0.4) is 0 Å². The summed E-state index contributed by atoms with van der Waals surface area (Å²) in [5.41, 5.74) is 0.558. The fraction of sp³-hybridized carbons (Fsp3) is 0. The lowest BCUT2D eigenvalue weighted by molar-refractivity contribution is 0.459. The van der Waals surface area contributed by atoms with Gasteiger partial charge >= 0.3 is 0 Å². The Balaban J connectivity index is 1.87. The number of hydrogen-bond acceptors (Lipinski definition) is 5. The van der Waals surface area contributed by atoms with Crippen molar-refractivity contribution in [3.8, 4) is 5.88 Å². The molecule has 0 amide bonds. The first-order chi connectivity index (χ1) is 12.3. The number of fused-ring (bicyclic) bond motifs is 1. The summed E-state index contributed by atoms with van der Waals surface area (Å²) in [6, 6.07) is 9.74. The predicted octanol–water partition coefficient (Wildman–Crippen LogP) is 3.14. The molecule has 0 bridgehead atoms. The molecule has 134 valence electrons. The Morgan fingerprint density at radius 3 is 2.73 bits per heavy atom. The highest BCUT2D eigenvalue weighted by Gasteiger charge is 2.14. The maximum atomic E-state index is 13.2. The molecule has 0 spiro atoms. The second-order valence-electron chi connectivity index (χ2n) is 5.18. The van der Waals surface area contributed by atoms with Crippen LogP contribution in [0.25, 0.3) is 10.9 Å². The summed E-state index contributed by atoms with van der Waals surface area (Å²) in [7, 11) is -3.95. The standard InChI is InChI=1S/C15H12FN5O3S2/c16-8-5-6-9-11(7-8)18-14(22)13(9)20-21-15(25)19-10-3-1-2-4-12(10)26(17,23)24/h1-7,18,22H,(H,19,25)(H2,17,23,24). The molecule has 2 aromatic carbocycles. The van der Waals surface area contributed by atoms with Gasteiger partial charge in [-0.1, -0.05) is 12.1 Å². The molecule has 1 heterocycles. The molecule has 3 rings (SSSR count). The summed E-state index contributed by atoms with van der Waals surface area (Å²) in [5.74, 6) is -0.777.